The van der Waals surface area contributed by atoms with E-state index in [1.165, 1.54) is 4.90 Å². The summed E-state index contributed by atoms with van der Waals surface area (Å²) in [6.07, 6.45) is 2.62. The van der Waals surface area contributed by atoms with Crippen LogP contribution in [-0.4, -0.2) is 85.3 Å². The molecule has 0 spiro atoms. The smallest absolute Gasteiger partial charge is 0.308 e. The highest BCUT2D eigenvalue weighted by Crippen LogP contribution is 2.10. The van der Waals surface area contributed by atoms with Crippen LogP contribution in [0.5, 0.6) is 0 Å². The van der Waals surface area contributed by atoms with E-state index in [-0.39, 0.29) is 11.9 Å². The molecule has 140 valence electrons. The molecule has 0 aromatic heterocycles. The van der Waals surface area contributed by atoms with E-state index in [0.717, 1.165) is 51.1 Å². The van der Waals surface area contributed by atoms with Gasteiger partial charge >= 0.3 is 6.03 Å². The van der Waals surface area contributed by atoms with Gasteiger partial charge in [0.05, 0.1) is 0 Å². The second-order valence-electron chi connectivity index (χ2n) is 6.88. The number of nitrogens with one attached hydrogen (secondary N) is 1. The number of urea groups is 1. The number of carbonyl (C=O) groups is 2. The summed E-state index contributed by atoms with van der Waals surface area (Å²) >= 11 is 0. The summed E-state index contributed by atoms with van der Waals surface area (Å²) in [6, 6.07) is 9.20. The molecule has 0 radical (unpaired) electrons. The van der Waals surface area contributed by atoms with Gasteiger partial charge in [0.15, 0.2) is 0 Å². The van der Waals surface area contributed by atoms with Crippen molar-refractivity contribution < 1.29 is 9.59 Å². The molecule has 1 aromatic carbocycles. The zero-order valence-electron chi connectivity index (χ0n) is 15.3. The summed E-state index contributed by atoms with van der Waals surface area (Å²) < 4.78 is 0. The Bertz CT molecular complexity index is 641. The number of unbranched alkanes of at least 4 members (excludes halogenated alkanes) is 1. The number of likely N-dealkylation sites (N-methyl/N-ethyl adjacent to an activating group) is 1. The lowest BCUT2D eigenvalue weighted by Gasteiger charge is -2.32. The van der Waals surface area contributed by atoms with Crippen molar-refractivity contribution >= 4 is 18.2 Å². The zero-order chi connectivity index (χ0) is 18.4. The SMILES string of the molecule is CN1CCN(CCCCN2C(=O)NC(N=Cc3ccccc3)C2=O)CC1. The molecule has 1 N–H and O–H groups in total. The monoisotopic (exact) mass is 357 g/mol. The molecule has 2 heterocycles. The number of rotatable bonds is 7. The molecule has 2 fully saturated rings. The molecule has 0 bridgehead atoms. The minimum Gasteiger partial charge on any atom is -0.308 e. The van der Waals surface area contributed by atoms with E-state index in [9.17, 15) is 9.59 Å². The quantitative estimate of drug-likeness (QED) is 0.449. The topological polar surface area (TPSA) is 68.2 Å². The number of nitrogens with zero attached hydrogens (tertiary/aromatic N) is 4. The molecule has 1 aromatic rings. The Balaban J connectivity index is 1.42. The van der Waals surface area contributed by atoms with E-state index in [4.69, 9.17) is 0 Å². The summed E-state index contributed by atoms with van der Waals surface area (Å²) in [5.41, 5.74) is 0.903. The number of imide groups is 1. The third-order valence-electron chi connectivity index (χ3n) is 4.88. The van der Waals surface area contributed by atoms with Crippen molar-refractivity contribution in [1.29, 1.82) is 0 Å². The minimum atomic E-state index is -0.805. The van der Waals surface area contributed by atoms with Crippen molar-refractivity contribution in [2.45, 2.75) is 19.0 Å². The Morgan fingerprint density at radius 3 is 2.50 bits per heavy atom. The number of hydrogen-bond donors (Lipinski definition) is 1. The number of piperazine rings is 1. The molecule has 0 aliphatic carbocycles. The molecule has 2 aliphatic heterocycles. The Morgan fingerprint density at radius 1 is 1.08 bits per heavy atom. The highest BCUT2D eigenvalue weighted by molar-refractivity contribution is 6.04. The maximum atomic E-state index is 12.4. The van der Waals surface area contributed by atoms with Crippen LogP contribution in [0.25, 0.3) is 0 Å². The minimum absolute atomic E-state index is 0.262. The van der Waals surface area contributed by atoms with Gasteiger partial charge in [-0.05, 0) is 32.0 Å². The Kier molecular flexibility index (Phi) is 6.35. The van der Waals surface area contributed by atoms with E-state index < -0.39 is 6.17 Å². The second kappa shape index (κ2) is 8.91. The number of benzene rings is 1. The van der Waals surface area contributed by atoms with Crippen LogP contribution >= 0.6 is 0 Å². The van der Waals surface area contributed by atoms with E-state index in [2.05, 4.69) is 27.2 Å². The second-order valence-corrected chi connectivity index (χ2v) is 6.88. The third kappa shape index (κ3) is 4.89. The molecule has 2 aliphatic rings. The first-order valence-corrected chi connectivity index (χ1v) is 9.24. The normalized spacial score (nSPS) is 22.3. The van der Waals surface area contributed by atoms with E-state index in [0.29, 0.717) is 6.54 Å². The van der Waals surface area contributed by atoms with Gasteiger partial charge in [-0.25, -0.2) is 4.79 Å². The third-order valence-corrected chi connectivity index (χ3v) is 4.88. The van der Waals surface area contributed by atoms with Crippen molar-refractivity contribution in [1.82, 2.24) is 20.0 Å². The predicted molar refractivity (Wildman–Crippen MR) is 101 cm³/mol. The highest BCUT2D eigenvalue weighted by Gasteiger charge is 2.37. The van der Waals surface area contributed by atoms with Gasteiger partial charge in [-0.2, -0.15) is 0 Å². The predicted octanol–water partition coefficient (Wildman–Crippen LogP) is 1.01. The maximum Gasteiger partial charge on any atom is 0.326 e. The van der Waals surface area contributed by atoms with Gasteiger partial charge < -0.3 is 15.1 Å². The fraction of sp³-hybridized carbons (Fsp3) is 0.526. The molecular formula is C19H27N5O2. The largest absolute Gasteiger partial charge is 0.326 e. The van der Waals surface area contributed by atoms with Gasteiger partial charge in [-0.15, -0.1) is 0 Å². The van der Waals surface area contributed by atoms with Crippen LogP contribution in [0.1, 0.15) is 18.4 Å². The van der Waals surface area contributed by atoms with Gasteiger partial charge in [0.2, 0.25) is 6.17 Å². The number of aliphatic imine (C=N–C) groups is 1. The number of amides is 3. The van der Waals surface area contributed by atoms with Crippen LogP contribution in [-0.2, 0) is 4.79 Å². The molecule has 2 saturated heterocycles. The van der Waals surface area contributed by atoms with Crippen LogP contribution in [0.3, 0.4) is 0 Å². The van der Waals surface area contributed by atoms with E-state index >= 15 is 0 Å². The molecule has 0 saturated carbocycles. The fourth-order valence-corrected chi connectivity index (χ4v) is 3.19. The number of carbonyl (C=O) groups excluding carboxylic acids is 2. The summed E-state index contributed by atoms with van der Waals surface area (Å²) in [5.74, 6) is -0.262. The summed E-state index contributed by atoms with van der Waals surface area (Å²) in [4.78, 5) is 34.7. The Labute approximate surface area is 154 Å². The van der Waals surface area contributed by atoms with Crippen molar-refractivity contribution in [2.24, 2.45) is 4.99 Å². The van der Waals surface area contributed by atoms with Gasteiger partial charge in [-0.3, -0.25) is 14.7 Å². The highest BCUT2D eigenvalue weighted by atomic mass is 16.2. The first-order valence-electron chi connectivity index (χ1n) is 9.24. The van der Waals surface area contributed by atoms with Gasteiger partial charge in [0.1, 0.15) is 0 Å². The summed E-state index contributed by atoms with van der Waals surface area (Å²) in [7, 11) is 2.14. The van der Waals surface area contributed by atoms with Crippen molar-refractivity contribution in [3.63, 3.8) is 0 Å². The van der Waals surface area contributed by atoms with Gasteiger partial charge in [0.25, 0.3) is 5.91 Å². The lowest BCUT2D eigenvalue weighted by Crippen LogP contribution is -2.44. The fourth-order valence-electron chi connectivity index (χ4n) is 3.19. The molecular weight excluding hydrogens is 330 g/mol. The lowest BCUT2D eigenvalue weighted by atomic mass is 10.2. The Hall–Kier alpha value is -2.25. The van der Waals surface area contributed by atoms with Crippen LogP contribution < -0.4 is 5.32 Å². The average molecular weight is 357 g/mol. The molecule has 1 unspecified atom stereocenters. The lowest BCUT2D eigenvalue weighted by molar-refractivity contribution is -0.127. The maximum absolute atomic E-state index is 12.4. The standard InChI is InChI=1S/C19H27N5O2/c1-22-11-13-23(14-12-22)9-5-6-10-24-18(25)17(21-19(24)26)20-15-16-7-3-2-4-8-16/h2-4,7-8,15,17H,5-6,9-14H2,1H3,(H,21,26). The first-order chi connectivity index (χ1) is 12.6. The van der Waals surface area contributed by atoms with Crippen LogP contribution in [0.4, 0.5) is 4.79 Å². The molecule has 3 rings (SSSR count). The molecule has 3 amide bonds. The van der Waals surface area contributed by atoms with Crippen molar-refractivity contribution in [2.75, 3.05) is 46.3 Å². The van der Waals surface area contributed by atoms with Gasteiger partial charge in [-0.1, -0.05) is 30.3 Å². The Morgan fingerprint density at radius 2 is 1.77 bits per heavy atom. The number of hydrogen-bond acceptors (Lipinski definition) is 5. The van der Waals surface area contributed by atoms with Crippen LogP contribution in [0.2, 0.25) is 0 Å². The van der Waals surface area contributed by atoms with E-state index in [1.54, 1.807) is 6.21 Å². The average Bonchev–Trinajstić information content (AvgIpc) is 2.93. The zero-order valence-corrected chi connectivity index (χ0v) is 15.3. The first kappa shape index (κ1) is 18.5. The molecule has 1 atom stereocenters. The molecule has 7 heteroatoms. The molecule has 7 nitrogen and oxygen atoms in total. The summed E-state index contributed by atoms with van der Waals surface area (Å²) in [6.45, 7) is 5.87. The van der Waals surface area contributed by atoms with Crippen molar-refractivity contribution in [3.8, 4) is 0 Å². The molecule has 26 heavy (non-hydrogen) atoms. The summed E-state index contributed by atoms with van der Waals surface area (Å²) in [5, 5.41) is 2.64. The van der Waals surface area contributed by atoms with Crippen LogP contribution in [0.15, 0.2) is 35.3 Å². The van der Waals surface area contributed by atoms with E-state index in [1.807, 2.05) is 30.3 Å². The van der Waals surface area contributed by atoms with Crippen molar-refractivity contribution in [3.05, 3.63) is 35.9 Å². The van der Waals surface area contributed by atoms with Gasteiger partial charge in [0, 0.05) is 38.9 Å². The van der Waals surface area contributed by atoms with Crippen LogP contribution in [0, 0.1) is 0 Å².